The number of hydrogen-bond acceptors (Lipinski definition) is 12. The van der Waals surface area contributed by atoms with Gasteiger partial charge in [-0.1, -0.05) is 59.6 Å². The zero-order chi connectivity index (χ0) is 50.5. The summed E-state index contributed by atoms with van der Waals surface area (Å²) in [6.45, 7) is 12.0. The molecule has 0 saturated carbocycles. The second-order valence-corrected chi connectivity index (χ2v) is 18.3. The highest BCUT2D eigenvalue weighted by Crippen LogP contribution is 2.37. The fraction of sp³-hybridized carbons (Fsp3) is 0.321. The van der Waals surface area contributed by atoms with Crippen LogP contribution in [0.25, 0.3) is 44.6 Å². The average Bonchev–Trinajstić information content (AvgIpc) is 3.92. The molecule has 71 heavy (non-hydrogen) atoms. The van der Waals surface area contributed by atoms with Gasteiger partial charge in [0, 0.05) is 88.7 Å². The van der Waals surface area contributed by atoms with E-state index in [0.717, 1.165) is 61.1 Å². The van der Waals surface area contributed by atoms with Crippen LogP contribution < -0.4 is 20.1 Å². The number of nitrogens with zero attached hydrogens (tertiary/aromatic N) is 8. The third kappa shape index (κ3) is 11.3. The van der Waals surface area contributed by atoms with Crippen LogP contribution in [0.5, 0.6) is 11.5 Å². The number of rotatable bonds is 19. The molecule has 0 aliphatic rings. The normalized spacial score (nSPS) is 12.3. The van der Waals surface area contributed by atoms with Crippen molar-refractivity contribution in [3.05, 3.63) is 140 Å². The first-order chi connectivity index (χ1) is 34.1. The van der Waals surface area contributed by atoms with Gasteiger partial charge < -0.3 is 29.6 Å². The predicted molar refractivity (Wildman–Crippen MR) is 274 cm³/mol. The lowest BCUT2D eigenvalue weighted by Gasteiger charge is -2.21. The van der Waals surface area contributed by atoms with Gasteiger partial charge in [-0.05, 0) is 100 Å². The van der Waals surface area contributed by atoms with Crippen molar-refractivity contribution in [2.45, 2.75) is 73.3 Å². The van der Waals surface area contributed by atoms with Crippen molar-refractivity contribution in [1.82, 2.24) is 50.1 Å². The van der Waals surface area contributed by atoms with E-state index < -0.39 is 6.04 Å². The van der Waals surface area contributed by atoms with Crippen LogP contribution in [-0.4, -0.2) is 78.2 Å². The Bertz CT molecular complexity index is 3280. The van der Waals surface area contributed by atoms with Crippen LogP contribution in [0.3, 0.4) is 0 Å². The second kappa shape index (κ2) is 22.0. The number of amides is 2. The average molecular weight is 1000 g/mol. The molecule has 16 nitrogen and oxygen atoms in total. The maximum atomic E-state index is 12.9. The Labute approximate surface area is 422 Å². The van der Waals surface area contributed by atoms with Gasteiger partial charge in [0.2, 0.25) is 11.8 Å². The van der Waals surface area contributed by atoms with Crippen molar-refractivity contribution in [3.8, 4) is 34.3 Å². The van der Waals surface area contributed by atoms with E-state index in [4.69, 9.17) is 62.2 Å². The lowest BCUT2D eigenvalue weighted by molar-refractivity contribution is -0.126. The number of methoxy groups -OCH3 is 1. The molecule has 0 fully saturated rings. The number of carbonyl (C=O) groups is 2. The van der Waals surface area contributed by atoms with Gasteiger partial charge in [-0.3, -0.25) is 9.59 Å². The highest BCUT2D eigenvalue weighted by molar-refractivity contribution is 6.32. The van der Waals surface area contributed by atoms with E-state index in [1.807, 2.05) is 128 Å². The Hall–Kier alpha value is -6.98. The third-order valence-corrected chi connectivity index (χ3v) is 12.7. The number of carbonyl (C=O) groups excluding carboxylic acids is 2. The van der Waals surface area contributed by atoms with Crippen molar-refractivity contribution in [3.63, 3.8) is 0 Å². The van der Waals surface area contributed by atoms with E-state index in [1.165, 1.54) is 13.4 Å². The molecule has 8 rings (SSSR count). The van der Waals surface area contributed by atoms with Gasteiger partial charge in [0.1, 0.15) is 55.3 Å². The molecular weight excluding hydrogens is 944 g/mol. The van der Waals surface area contributed by atoms with Crippen LogP contribution >= 0.6 is 23.2 Å². The minimum Gasteiger partial charge on any atom is -0.487 e. The number of hydrogen-bond donors (Lipinski definition) is 2. The lowest BCUT2D eigenvalue weighted by Crippen LogP contribution is -2.31. The van der Waals surface area contributed by atoms with E-state index in [1.54, 1.807) is 9.36 Å². The first kappa shape index (κ1) is 50.4. The molecule has 0 aliphatic carbocycles. The molecule has 8 aromatic rings. The van der Waals surface area contributed by atoms with Crippen molar-refractivity contribution in [1.29, 1.82) is 0 Å². The Morgan fingerprint density at radius 3 is 1.83 bits per heavy atom. The highest BCUT2D eigenvalue weighted by atomic mass is 35.5. The van der Waals surface area contributed by atoms with Crippen molar-refractivity contribution in [2.24, 2.45) is 14.1 Å². The molecule has 0 unspecified atom stereocenters. The van der Waals surface area contributed by atoms with Crippen LogP contribution in [-0.2, 0) is 52.8 Å². The maximum absolute atomic E-state index is 12.9. The number of nitrogens with one attached hydrogen (secondary N) is 2. The minimum atomic E-state index is -0.470. The molecule has 0 aliphatic heterocycles. The Balaban J connectivity index is 1.08. The molecule has 0 spiro atoms. The fourth-order valence-electron chi connectivity index (χ4n) is 8.82. The molecular formula is C53H56Cl2N10O6. The van der Waals surface area contributed by atoms with Crippen LogP contribution in [0.15, 0.2) is 79.1 Å². The van der Waals surface area contributed by atoms with E-state index in [2.05, 4.69) is 20.7 Å². The smallest absolute Gasteiger partial charge is 0.246 e. The summed E-state index contributed by atoms with van der Waals surface area (Å²) in [6.07, 6.45) is 1.85. The quantitative estimate of drug-likeness (QED) is 0.0784. The van der Waals surface area contributed by atoms with Crippen molar-refractivity contribution < 1.29 is 28.5 Å². The molecule has 2 atom stereocenters. The maximum Gasteiger partial charge on any atom is 0.246 e. The number of aryl methyl sites for hydroxylation is 5. The fourth-order valence-corrected chi connectivity index (χ4v) is 9.45. The number of aromatic nitrogens is 8. The summed E-state index contributed by atoms with van der Waals surface area (Å²) in [6, 6.07) is 22.5. The first-order valence-electron chi connectivity index (χ1n) is 23.2. The topological polar surface area (TPSA) is 182 Å². The molecule has 0 saturated heterocycles. The SMILES string of the molecule is CCOCC(=O)N[C@@H](C)c1cc(C)cc(Cl)c1COc1cccc2c(-c3nc(Cc4cc(Cl)c(COc5cccc6c(-c7ncnn7C)cc(C)nc56)c([C@H](C)NC(=O)COC)c4)nn3C)cc(C)nc12. The van der Waals surface area contributed by atoms with Crippen LogP contribution in [0.1, 0.15) is 83.4 Å². The van der Waals surface area contributed by atoms with Gasteiger partial charge in [0.05, 0.1) is 12.1 Å². The molecule has 18 heteroatoms. The highest BCUT2D eigenvalue weighted by Gasteiger charge is 2.23. The lowest BCUT2D eigenvalue weighted by atomic mass is 9.97. The van der Waals surface area contributed by atoms with E-state index in [9.17, 15) is 9.59 Å². The van der Waals surface area contributed by atoms with E-state index >= 15 is 0 Å². The molecule has 4 aromatic carbocycles. The van der Waals surface area contributed by atoms with Gasteiger partial charge in [-0.2, -0.15) is 10.2 Å². The van der Waals surface area contributed by atoms with Gasteiger partial charge in [-0.15, -0.1) is 0 Å². The van der Waals surface area contributed by atoms with Crippen LogP contribution in [0.4, 0.5) is 0 Å². The van der Waals surface area contributed by atoms with Crippen molar-refractivity contribution >= 4 is 56.8 Å². The monoisotopic (exact) mass is 998 g/mol. The number of halogens is 2. The standard InChI is InChI=1S/C53H56Cl2N10O6/c1-10-69-27-49(67)61-32(5)37-17-29(2)18-43(54)41(37)24-70-46-16-12-14-36-40(20-31(4)59-51(36)46)53-62-47(63-65(53)8)23-34-21-38(33(6)60-48(66)26-68-9)42(44(55)22-34)25-71-45-15-11-13-35-39(19-30(3)58-50(35)45)52-56-28-57-64(52)7/h11-22,28,32-33H,10,23-27H2,1-9H3,(H,60,66)(H,61,67)/t32-,33-/m0/s1. The van der Waals surface area contributed by atoms with E-state index in [0.29, 0.717) is 68.6 Å². The Kier molecular flexibility index (Phi) is 15.6. The van der Waals surface area contributed by atoms with E-state index in [-0.39, 0.29) is 44.3 Å². The molecule has 368 valence electrons. The summed E-state index contributed by atoms with van der Waals surface area (Å²) in [7, 11) is 5.18. The second-order valence-electron chi connectivity index (χ2n) is 17.5. The minimum absolute atomic E-state index is 0.0305. The summed E-state index contributed by atoms with van der Waals surface area (Å²) in [5.41, 5.74) is 9.44. The van der Waals surface area contributed by atoms with Crippen LogP contribution in [0.2, 0.25) is 10.0 Å². The summed E-state index contributed by atoms with van der Waals surface area (Å²) >= 11 is 14.0. The Morgan fingerprint density at radius 2 is 1.27 bits per heavy atom. The van der Waals surface area contributed by atoms with Crippen LogP contribution in [0, 0.1) is 20.8 Å². The molecule has 2 amide bonds. The molecule has 2 N–H and O–H groups in total. The van der Waals surface area contributed by atoms with Gasteiger partial charge in [0.15, 0.2) is 17.5 Å². The van der Waals surface area contributed by atoms with Gasteiger partial charge in [-0.25, -0.2) is 29.3 Å². The zero-order valence-corrected chi connectivity index (χ0v) is 42.7. The summed E-state index contributed by atoms with van der Waals surface area (Å²) in [5, 5.41) is 17.9. The number of ether oxygens (including phenoxy) is 4. The summed E-state index contributed by atoms with van der Waals surface area (Å²) in [4.78, 5) is 44.8. The van der Waals surface area contributed by atoms with Crippen molar-refractivity contribution in [2.75, 3.05) is 26.9 Å². The molecule has 4 heterocycles. The Morgan fingerprint density at radius 1 is 0.704 bits per heavy atom. The molecule has 0 bridgehead atoms. The van der Waals surface area contributed by atoms with Gasteiger partial charge >= 0.3 is 0 Å². The largest absolute Gasteiger partial charge is 0.487 e. The number of fused-ring (bicyclic) bond motifs is 2. The summed E-state index contributed by atoms with van der Waals surface area (Å²) in [5.74, 6) is 2.52. The van der Waals surface area contributed by atoms with Gasteiger partial charge in [0.25, 0.3) is 0 Å². The number of pyridine rings is 2. The predicted octanol–water partition coefficient (Wildman–Crippen LogP) is 9.39. The summed E-state index contributed by atoms with van der Waals surface area (Å²) < 4.78 is 27.0. The number of benzene rings is 4. The number of para-hydroxylation sites is 2. The zero-order valence-electron chi connectivity index (χ0n) is 41.2. The molecule has 4 aromatic heterocycles. The third-order valence-electron chi connectivity index (χ3n) is 12.0. The molecule has 0 radical (unpaired) electrons. The first-order valence-corrected chi connectivity index (χ1v) is 23.9.